The summed E-state index contributed by atoms with van der Waals surface area (Å²) < 4.78 is 0.985. The van der Waals surface area contributed by atoms with Gasteiger partial charge in [-0.15, -0.1) is 0 Å². The van der Waals surface area contributed by atoms with Crippen LogP contribution in [0.3, 0.4) is 0 Å². The highest BCUT2D eigenvalue weighted by Gasteiger charge is 2.10. The van der Waals surface area contributed by atoms with E-state index in [4.69, 9.17) is 0 Å². The van der Waals surface area contributed by atoms with Crippen molar-refractivity contribution in [3.05, 3.63) is 34.4 Å². The predicted octanol–water partition coefficient (Wildman–Crippen LogP) is 1.96. The molecular weight excluding hydrogens is 324 g/mol. The number of carbonyl (C=O) groups excluding carboxylic acids is 1. The van der Waals surface area contributed by atoms with Gasteiger partial charge in [-0.05, 0) is 12.1 Å². The Morgan fingerprint density at radius 3 is 2.77 bits per heavy atom. The van der Waals surface area contributed by atoms with Crippen LogP contribution in [0.4, 0.5) is 11.4 Å². The van der Waals surface area contributed by atoms with Crippen molar-refractivity contribution in [1.82, 2.24) is 5.32 Å². The number of aliphatic imine (C=N–C) groups is 1. The first-order valence-corrected chi connectivity index (χ1v) is 8.67. The second kappa shape index (κ2) is 8.64. The summed E-state index contributed by atoms with van der Waals surface area (Å²) in [6.07, 6.45) is 0. The molecule has 0 aromatic heterocycles. The highest BCUT2D eigenvalue weighted by atomic mass is 32.2. The van der Waals surface area contributed by atoms with Crippen LogP contribution in [0.25, 0.3) is 0 Å². The first-order valence-electron chi connectivity index (χ1n) is 6.70. The molecule has 0 bridgehead atoms. The van der Waals surface area contributed by atoms with Gasteiger partial charge in [-0.3, -0.25) is 19.9 Å². The molecule has 22 heavy (non-hydrogen) atoms. The van der Waals surface area contributed by atoms with Crippen molar-refractivity contribution in [2.45, 2.75) is 0 Å². The van der Waals surface area contributed by atoms with Crippen molar-refractivity contribution in [3.8, 4) is 0 Å². The van der Waals surface area contributed by atoms with Crippen LogP contribution in [0.2, 0.25) is 0 Å². The molecule has 0 atom stereocenters. The molecule has 1 aliphatic heterocycles. The topological polar surface area (TPSA) is 96.6 Å². The van der Waals surface area contributed by atoms with Crippen LogP contribution >= 0.6 is 23.5 Å². The lowest BCUT2D eigenvalue weighted by Gasteiger charge is -2.07. The Morgan fingerprint density at radius 2 is 2.14 bits per heavy atom. The summed E-state index contributed by atoms with van der Waals surface area (Å²) >= 11 is 3.15. The zero-order valence-corrected chi connectivity index (χ0v) is 13.4. The molecular formula is C13H16N4O3S2. The van der Waals surface area contributed by atoms with Crippen molar-refractivity contribution in [2.24, 2.45) is 4.99 Å². The van der Waals surface area contributed by atoms with E-state index in [9.17, 15) is 14.9 Å². The summed E-state index contributed by atoms with van der Waals surface area (Å²) in [5.41, 5.74) is 0.842. The fourth-order valence-corrected chi connectivity index (χ4v) is 3.53. The van der Waals surface area contributed by atoms with Crippen molar-refractivity contribution in [1.29, 1.82) is 0 Å². The Morgan fingerprint density at radius 1 is 1.36 bits per heavy atom. The minimum Gasteiger partial charge on any atom is -0.383 e. The third kappa shape index (κ3) is 5.57. The van der Waals surface area contributed by atoms with Gasteiger partial charge in [0.1, 0.15) is 4.38 Å². The molecule has 0 spiro atoms. The molecule has 0 radical (unpaired) electrons. The Balaban J connectivity index is 1.60. The van der Waals surface area contributed by atoms with Gasteiger partial charge in [0.05, 0.1) is 17.2 Å². The van der Waals surface area contributed by atoms with E-state index in [2.05, 4.69) is 15.6 Å². The van der Waals surface area contributed by atoms with Gasteiger partial charge < -0.3 is 10.6 Å². The fourth-order valence-electron chi connectivity index (χ4n) is 1.69. The van der Waals surface area contributed by atoms with E-state index in [1.165, 1.54) is 23.9 Å². The average molecular weight is 340 g/mol. The monoisotopic (exact) mass is 340 g/mol. The molecule has 1 heterocycles. The summed E-state index contributed by atoms with van der Waals surface area (Å²) in [6.45, 7) is 1.90. The van der Waals surface area contributed by atoms with E-state index in [-0.39, 0.29) is 11.6 Å². The molecule has 1 aromatic carbocycles. The molecule has 1 amide bonds. The molecule has 0 saturated carbocycles. The van der Waals surface area contributed by atoms with Crippen LogP contribution in [0.5, 0.6) is 0 Å². The highest BCUT2D eigenvalue weighted by Crippen LogP contribution is 2.21. The minimum absolute atomic E-state index is 0.0225. The normalized spacial score (nSPS) is 13.5. The molecule has 7 nitrogen and oxygen atoms in total. The Bertz CT molecular complexity index is 563. The van der Waals surface area contributed by atoms with Crippen LogP contribution < -0.4 is 10.6 Å². The van der Waals surface area contributed by atoms with Gasteiger partial charge >= 0.3 is 0 Å². The number of amides is 1. The number of non-ortho nitro benzene ring substituents is 1. The Labute approximate surface area is 136 Å². The predicted molar refractivity (Wildman–Crippen MR) is 91.8 cm³/mol. The number of benzene rings is 1. The molecule has 1 aromatic rings. The van der Waals surface area contributed by atoms with Gasteiger partial charge in [0, 0.05) is 36.7 Å². The van der Waals surface area contributed by atoms with Crippen LogP contribution in [0.15, 0.2) is 29.3 Å². The third-order valence-corrected chi connectivity index (χ3v) is 4.99. The molecule has 118 valence electrons. The molecule has 9 heteroatoms. The lowest BCUT2D eigenvalue weighted by atomic mass is 10.3. The smallest absolute Gasteiger partial charge is 0.269 e. The maximum Gasteiger partial charge on any atom is 0.269 e. The maximum atomic E-state index is 11.6. The summed E-state index contributed by atoms with van der Waals surface area (Å²) in [7, 11) is 0. The Hall–Kier alpha value is -1.74. The first-order chi connectivity index (χ1) is 10.6. The van der Waals surface area contributed by atoms with Crippen molar-refractivity contribution < 1.29 is 9.72 Å². The number of nitro benzene ring substituents is 1. The van der Waals surface area contributed by atoms with E-state index < -0.39 is 4.92 Å². The van der Waals surface area contributed by atoms with Crippen LogP contribution in [0, 0.1) is 10.1 Å². The minimum atomic E-state index is -0.436. The number of anilines is 1. The standard InChI is InChI=1S/C13H16N4O3S2/c18-12(9-22-13-16-7-8-21-13)15-6-5-14-10-1-3-11(4-2-10)17(19)20/h1-4,14H,5-9H2,(H,15,18). The molecule has 2 N–H and O–H groups in total. The van der Waals surface area contributed by atoms with E-state index in [1.54, 1.807) is 23.9 Å². The molecule has 0 aliphatic carbocycles. The van der Waals surface area contributed by atoms with Gasteiger partial charge in [-0.2, -0.15) is 0 Å². The van der Waals surface area contributed by atoms with Gasteiger partial charge in [0.25, 0.3) is 5.69 Å². The molecule has 0 unspecified atom stereocenters. The number of nitrogens with zero attached hydrogens (tertiary/aromatic N) is 2. The summed E-state index contributed by atoms with van der Waals surface area (Å²) in [4.78, 5) is 26.0. The van der Waals surface area contributed by atoms with Gasteiger partial charge in [-0.1, -0.05) is 23.5 Å². The first kappa shape index (κ1) is 16.6. The van der Waals surface area contributed by atoms with Gasteiger partial charge in [0.15, 0.2) is 0 Å². The van der Waals surface area contributed by atoms with Gasteiger partial charge in [0.2, 0.25) is 5.91 Å². The molecule has 0 fully saturated rings. The maximum absolute atomic E-state index is 11.6. The van der Waals surface area contributed by atoms with E-state index >= 15 is 0 Å². The van der Waals surface area contributed by atoms with Crippen LogP contribution in [-0.2, 0) is 4.79 Å². The zero-order valence-electron chi connectivity index (χ0n) is 11.8. The second-order valence-corrected chi connectivity index (χ2v) is 6.67. The highest BCUT2D eigenvalue weighted by molar-refractivity contribution is 8.39. The Kier molecular flexibility index (Phi) is 6.53. The molecule has 0 saturated heterocycles. The number of rotatable bonds is 7. The quantitative estimate of drug-likeness (QED) is 0.447. The average Bonchev–Trinajstić information content (AvgIpc) is 3.03. The number of nitrogens with one attached hydrogen (secondary N) is 2. The third-order valence-electron chi connectivity index (χ3n) is 2.74. The number of carbonyl (C=O) groups is 1. The summed E-state index contributed by atoms with van der Waals surface area (Å²) in [6, 6.07) is 6.17. The number of hydrogen-bond acceptors (Lipinski definition) is 7. The lowest BCUT2D eigenvalue weighted by molar-refractivity contribution is -0.384. The van der Waals surface area contributed by atoms with Crippen molar-refractivity contribution in [2.75, 3.05) is 36.5 Å². The van der Waals surface area contributed by atoms with Crippen LogP contribution in [0.1, 0.15) is 0 Å². The molecule has 2 rings (SSSR count). The summed E-state index contributed by atoms with van der Waals surface area (Å²) in [5.74, 6) is 1.36. The zero-order chi connectivity index (χ0) is 15.8. The lowest BCUT2D eigenvalue weighted by Crippen LogP contribution is -2.30. The largest absolute Gasteiger partial charge is 0.383 e. The van der Waals surface area contributed by atoms with Crippen molar-refractivity contribution in [3.63, 3.8) is 0 Å². The fraction of sp³-hybridized carbons (Fsp3) is 0.385. The van der Waals surface area contributed by atoms with E-state index in [0.717, 1.165) is 22.4 Å². The number of nitro groups is 1. The number of hydrogen-bond donors (Lipinski definition) is 2. The molecule has 1 aliphatic rings. The van der Waals surface area contributed by atoms with Crippen LogP contribution in [-0.4, -0.2) is 46.3 Å². The van der Waals surface area contributed by atoms with Gasteiger partial charge in [-0.25, -0.2) is 0 Å². The SMILES string of the molecule is O=C(CSC1=NCCS1)NCCNc1ccc([N+](=O)[O-])cc1. The van der Waals surface area contributed by atoms with Crippen molar-refractivity contribution >= 4 is 45.2 Å². The summed E-state index contributed by atoms with van der Waals surface area (Å²) in [5, 5.41) is 16.4. The number of thioether (sulfide) groups is 2. The van der Waals surface area contributed by atoms with E-state index in [0.29, 0.717) is 18.8 Å². The van der Waals surface area contributed by atoms with E-state index in [1.807, 2.05) is 0 Å². The second-order valence-electron chi connectivity index (χ2n) is 4.37.